The predicted octanol–water partition coefficient (Wildman–Crippen LogP) is 4.43. The third kappa shape index (κ3) is 5.31. The van der Waals surface area contributed by atoms with Gasteiger partial charge in [0.1, 0.15) is 5.75 Å². The van der Waals surface area contributed by atoms with Gasteiger partial charge in [0.05, 0.1) is 18.4 Å². The number of amides is 1. The van der Waals surface area contributed by atoms with Crippen LogP contribution in [0.4, 0.5) is 11.4 Å². The Morgan fingerprint density at radius 2 is 1.57 bits per heavy atom. The van der Waals surface area contributed by atoms with E-state index in [0.29, 0.717) is 22.9 Å². The lowest BCUT2D eigenvalue weighted by atomic mass is 10.1. The van der Waals surface area contributed by atoms with Crippen LogP contribution in [-0.4, -0.2) is 18.1 Å². The maximum atomic E-state index is 12.6. The van der Waals surface area contributed by atoms with Crippen LogP contribution in [0, 0.1) is 0 Å². The van der Waals surface area contributed by atoms with Crippen molar-refractivity contribution in [2.45, 2.75) is 6.54 Å². The molecule has 142 valence electrons. The average Bonchev–Trinajstić information content (AvgIpc) is 2.73. The predicted molar refractivity (Wildman–Crippen MR) is 117 cm³/mol. The normalized spacial score (nSPS) is 10.0. The molecule has 5 nitrogen and oxygen atoms in total. The lowest BCUT2D eigenvalue weighted by molar-refractivity contribution is 0.0952. The number of methoxy groups -OCH3 is 1. The Morgan fingerprint density at radius 1 is 0.893 bits per heavy atom. The number of anilines is 2. The van der Waals surface area contributed by atoms with Crippen LogP contribution in [0.5, 0.6) is 5.75 Å². The van der Waals surface area contributed by atoms with E-state index in [4.69, 9.17) is 17.0 Å². The summed E-state index contributed by atoms with van der Waals surface area (Å²) in [6, 6.07) is 24.5. The highest BCUT2D eigenvalue weighted by Gasteiger charge is 2.12. The van der Waals surface area contributed by atoms with Crippen molar-refractivity contribution in [2.24, 2.45) is 0 Å². The molecule has 0 heterocycles. The highest BCUT2D eigenvalue weighted by atomic mass is 32.1. The summed E-state index contributed by atoms with van der Waals surface area (Å²) in [5.74, 6) is 0.601. The first-order valence-corrected chi connectivity index (χ1v) is 9.20. The number of hydrogen-bond donors (Lipinski definition) is 3. The maximum Gasteiger partial charge on any atom is 0.253 e. The SMILES string of the molecule is COc1ccc(NC(=S)Nc2ccccc2C(=O)NCc2ccccc2)cc1. The van der Waals surface area contributed by atoms with Gasteiger partial charge in [-0.05, 0) is 54.2 Å². The standard InChI is InChI=1S/C22H21N3O2S/c1-27-18-13-11-17(12-14-18)24-22(28)25-20-10-6-5-9-19(20)21(26)23-15-16-7-3-2-4-8-16/h2-14H,15H2,1H3,(H,23,26)(H2,24,25,28). The topological polar surface area (TPSA) is 62.4 Å². The first kappa shape index (κ1) is 19.4. The fourth-order valence-electron chi connectivity index (χ4n) is 2.62. The molecule has 6 heteroatoms. The van der Waals surface area contributed by atoms with Crippen LogP contribution in [0.25, 0.3) is 0 Å². The van der Waals surface area contributed by atoms with Crippen LogP contribution in [0.1, 0.15) is 15.9 Å². The van der Waals surface area contributed by atoms with Gasteiger partial charge in [0.25, 0.3) is 5.91 Å². The number of nitrogens with one attached hydrogen (secondary N) is 3. The number of carbonyl (C=O) groups excluding carboxylic acids is 1. The summed E-state index contributed by atoms with van der Waals surface area (Å²) in [7, 11) is 1.62. The van der Waals surface area contributed by atoms with Crippen molar-refractivity contribution in [3.05, 3.63) is 90.0 Å². The highest BCUT2D eigenvalue weighted by Crippen LogP contribution is 2.18. The van der Waals surface area contributed by atoms with E-state index in [1.54, 1.807) is 13.2 Å². The molecule has 0 saturated heterocycles. The molecule has 0 aliphatic rings. The number of hydrogen-bond acceptors (Lipinski definition) is 3. The summed E-state index contributed by atoms with van der Waals surface area (Å²) in [4.78, 5) is 12.6. The Hall–Kier alpha value is -3.38. The molecule has 3 N–H and O–H groups in total. The number of ether oxygens (including phenoxy) is 1. The molecule has 0 aliphatic heterocycles. The molecule has 0 aromatic heterocycles. The van der Waals surface area contributed by atoms with Crippen molar-refractivity contribution in [3.8, 4) is 5.75 Å². The Labute approximate surface area is 169 Å². The third-order valence-electron chi connectivity index (χ3n) is 4.06. The largest absolute Gasteiger partial charge is 0.497 e. The summed E-state index contributed by atoms with van der Waals surface area (Å²) < 4.78 is 5.15. The van der Waals surface area contributed by atoms with Crippen LogP contribution in [0.15, 0.2) is 78.9 Å². The van der Waals surface area contributed by atoms with E-state index in [1.807, 2.05) is 72.8 Å². The molecule has 0 bridgehead atoms. The van der Waals surface area contributed by atoms with Gasteiger partial charge in [0.2, 0.25) is 0 Å². The zero-order valence-corrected chi connectivity index (χ0v) is 16.3. The first-order valence-electron chi connectivity index (χ1n) is 8.79. The fraction of sp³-hybridized carbons (Fsp3) is 0.0909. The lowest BCUT2D eigenvalue weighted by Crippen LogP contribution is -2.26. The van der Waals surface area contributed by atoms with Gasteiger partial charge in [-0.2, -0.15) is 0 Å². The van der Waals surface area contributed by atoms with E-state index in [1.165, 1.54) is 0 Å². The summed E-state index contributed by atoms with van der Waals surface area (Å²) >= 11 is 5.38. The molecule has 3 rings (SSSR count). The van der Waals surface area contributed by atoms with E-state index in [9.17, 15) is 4.79 Å². The monoisotopic (exact) mass is 391 g/mol. The average molecular weight is 391 g/mol. The second kappa shape index (κ2) is 9.53. The van der Waals surface area contributed by atoms with Gasteiger partial charge in [-0.3, -0.25) is 4.79 Å². The van der Waals surface area contributed by atoms with E-state index < -0.39 is 0 Å². The minimum absolute atomic E-state index is 0.167. The molecule has 0 saturated carbocycles. The van der Waals surface area contributed by atoms with Gasteiger partial charge in [0, 0.05) is 12.2 Å². The highest BCUT2D eigenvalue weighted by molar-refractivity contribution is 7.80. The molecule has 28 heavy (non-hydrogen) atoms. The van der Waals surface area contributed by atoms with E-state index >= 15 is 0 Å². The molecule has 0 fully saturated rings. The van der Waals surface area contributed by atoms with Crippen molar-refractivity contribution in [1.29, 1.82) is 0 Å². The Bertz CT molecular complexity index is 944. The van der Waals surface area contributed by atoms with Crippen molar-refractivity contribution in [2.75, 3.05) is 17.7 Å². The third-order valence-corrected chi connectivity index (χ3v) is 4.27. The van der Waals surface area contributed by atoms with Gasteiger partial charge in [-0.25, -0.2) is 0 Å². The number of benzene rings is 3. The fourth-order valence-corrected chi connectivity index (χ4v) is 2.85. The maximum absolute atomic E-state index is 12.6. The summed E-state index contributed by atoms with van der Waals surface area (Å²) in [6.07, 6.45) is 0. The van der Waals surface area contributed by atoms with Crippen molar-refractivity contribution in [1.82, 2.24) is 5.32 Å². The van der Waals surface area contributed by atoms with Crippen molar-refractivity contribution >= 4 is 34.6 Å². The summed E-state index contributed by atoms with van der Waals surface area (Å²) in [5, 5.41) is 9.53. The molecule has 3 aromatic carbocycles. The second-order valence-electron chi connectivity index (χ2n) is 6.02. The van der Waals surface area contributed by atoms with Gasteiger partial charge in [-0.1, -0.05) is 42.5 Å². The second-order valence-corrected chi connectivity index (χ2v) is 6.43. The quantitative estimate of drug-likeness (QED) is 0.543. The summed E-state index contributed by atoms with van der Waals surface area (Å²) in [6.45, 7) is 0.461. The van der Waals surface area contributed by atoms with Crippen LogP contribution < -0.4 is 20.7 Å². The van der Waals surface area contributed by atoms with Crippen LogP contribution >= 0.6 is 12.2 Å². The minimum atomic E-state index is -0.167. The molecule has 1 amide bonds. The van der Waals surface area contributed by atoms with E-state index in [-0.39, 0.29) is 5.91 Å². The Morgan fingerprint density at radius 3 is 2.29 bits per heavy atom. The van der Waals surface area contributed by atoms with Crippen molar-refractivity contribution in [3.63, 3.8) is 0 Å². The Kier molecular flexibility index (Phi) is 6.59. The molecule has 0 atom stereocenters. The van der Waals surface area contributed by atoms with Crippen LogP contribution in [0.2, 0.25) is 0 Å². The van der Waals surface area contributed by atoms with E-state index in [2.05, 4.69) is 16.0 Å². The van der Waals surface area contributed by atoms with Gasteiger partial charge in [-0.15, -0.1) is 0 Å². The molecular weight excluding hydrogens is 370 g/mol. The molecule has 0 unspecified atom stereocenters. The molecule has 3 aromatic rings. The van der Waals surface area contributed by atoms with Gasteiger partial charge in [0.15, 0.2) is 5.11 Å². The van der Waals surface area contributed by atoms with Crippen LogP contribution in [0.3, 0.4) is 0 Å². The number of thiocarbonyl (C=S) groups is 1. The minimum Gasteiger partial charge on any atom is -0.497 e. The van der Waals surface area contributed by atoms with E-state index in [0.717, 1.165) is 17.0 Å². The summed E-state index contributed by atoms with van der Waals surface area (Å²) in [5.41, 5.74) is 3.03. The number of carbonyl (C=O) groups is 1. The molecular formula is C22H21N3O2S. The van der Waals surface area contributed by atoms with Gasteiger partial charge < -0.3 is 20.7 Å². The zero-order valence-electron chi connectivity index (χ0n) is 15.4. The smallest absolute Gasteiger partial charge is 0.253 e. The van der Waals surface area contributed by atoms with Crippen LogP contribution in [-0.2, 0) is 6.54 Å². The number of para-hydroxylation sites is 1. The molecule has 0 radical (unpaired) electrons. The number of rotatable bonds is 6. The van der Waals surface area contributed by atoms with Crippen molar-refractivity contribution < 1.29 is 9.53 Å². The zero-order chi connectivity index (χ0) is 19.8. The van der Waals surface area contributed by atoms with Gasteiger partial charge >= 0.3 is 0 Å². The molecule has 0 aliphatic carbocycles. The Balaban J connectivity index is 1.63. The first-order chi connectivity index (χ1) is 13.7. The molecule has 0 spiro atoms. The lowest BCUT2D eigenvalue weighted by Gasteiger charge is -2.14.